The Morgan fingerprint density at radius 2 is 1.93 bits per heavy atom. The Hall–Kier alpha value is -1.75. The Labute approximate surface area is 162 Å². The Kier molecular flexibility index (Phi) is 5.99. The van der Waals surface area contributed by atoms with Gasteiger partial charge in [0.1, 0.15) is 12.0 Å². The second-order valence-corrected chi connectivity index (χ2v) is 9.38. The Balaban J connectivity index is 0.000000156. The number of fused-ring (bicyclic) bond motifs is 3. The van der Waals surface area contributed by atoms with Crippen LogP contribution in [0.4, 0.5) is 0 Å². The summed E-state index contributed by atoms with van der Waals surface area (Å²) in [4.78, 5) is 28.4. The number of primary amides is 1. The lowest BCUT2D eigenvalue weighted by Gasteiger charge is -2.44. The van der Waals surface area contributed by atoms with E-state index in [0.717, 1.165) is 55.8 Å². The van der Waals surface area contributed by atoms with Gasteiger partial charge in [0.05, 0.1) is 0 Å². The molecule has 2 atom stereocenters. The normalized spacial score (nSPS) is 32.6. The monoisotopic (exact) mass is 371 g/mol. The van der Waals surface area contributed by atoms with Crippen LogP contribution in [0.25, 0.3) is 0 Å². The number of nitrogens with zero attached hydrogens (tertiary/aromatic N) is 2. The summed E-state index contributed by atoms with van der Waals surface area (Å²) in [5, 5.41) is 0. The summed E-state index contributed by atoms with van der Waals surface area (Å²) in [6, 6.07) is 3.64. The van der Waals surface area contributed by atoms with Crippen molar-refractivity contribution in [3.63, 3.8) is 0 Å². The maximum absolute atomic E-state index is 11.0. The van der Waals surface area contributed by atoms with Gasteiger partial charge in [-0.2, -0.15) is 0 Å². The van der Waals surface area contributed by atoms with Gasteiger partial charge in [-0.3, -0.25) is 4.79 Å². The fourth-order valence-electron chi connectivity index (χ4n) is 5.42. The second-order valence-electron chi connectivity index (χ2n) is 9.38. The van der Waals surface area contributed by atoms with Crippen LogP contribution in [0.2, 0.25) is 0 Å². The number of aldehydes is 1. The molecule has 0 spiro atoms. The fraction of sp³-hybridized carbons (Fsp3) is 0.682. The van der Waals surface area contributed by atoms with Gasteiger partial charge in [-0.1, -0.05) is 19.9 Å². The second kappa shape index (κ2) is 8.09. The summed E-state index contributed by atoms with van der Waals surface area (Å²) in [6.07, 6.45) is 8.53. The summed E-state index contributed by atoms with van der Waals surface area (Å²) < 4.78 is 0. The largest absolute Gasteiger partial charge is 0.364 e. The number of aromatic nitrogens is 1. The molecule has 5 nitrogen and oxygen atoms in total. The van der Waals surface area contributed by atoms with Crippen LogP contribution in [0.5, 0.6) is 0 Å². The number of carbonyl (C=O) groups excluding carboxylic acids is 2. The number of hydrogen-bond acceptors (Lipinski definition) is 4. The molecular formula is C22H33N3O2. The minimum Gasteiger partial charge on any atom is -0.364 e. The van der Waals surface area contributed by atoms with Gasteiger partial charge in [0.2, 0.25) is 0 Å². The van der Waals surface area contributed by atoms with Gasteiger partial charge in [-0.05, 0) is 68.5 Å². The fourth-order valence-corrected chi connectivity index (χ4v) is 5.42. The molecule has 1 aromatic rings. The van der Waals surface area contributed by atoms with E-state index in [1.54, 1.807) is 6.07 Å². The van der Waals surface area contributed by atoms with Crippen molar-refractivity contribution in [2.24, 2.45) is 28.9 Å². The van der Waals surface area contributed by atoms with Crippen molar-refractivity contribution < 1.29 is 9.59 Å². The first-order chi connectivity index (χ1) is 12.8. The SMILES string of the molecule is CC1CC2CC(C1)CC(C)(C=O)C2.CN1CCc2nc(C(N)=O)ccc2C1. The molecule has 2 aliphatic carbocycles. The van der Waals surface area contributed by atoms with Crippen molar-refractivity contribution >= 4 is 12.2 Å². The van der Waals surface area contributed by atoms with E-state index in [9.17, 15) is 9.59 Å². The van der Waals surface area contributed by atoms with Crippen molar-refractivity contribution in [1.82, 2.24) is 9.88 Å². The summed E-state index contributed by atoms with van der Waals surface area (Å²) in [5.41, 5.74) is 7.76. The molecule has 2 bridgehead atoms. The topological polar surface area (TPSA) is 76.3 Å². The van der Waals surface area contributed by atoms with Crippen molar-refractivity contribution in [3.8, 4) is 0 Å². The Morgan fingerprint density at radius 1 is 1.26 bits per heavy atom. The maximum atomic E-state index is 11.0. The molecule has 1 amide bonds. The van der Waals surface area contributed by atoms with Crippen LogP contribution in [-0.4, -0.2) is 35.7 Å². The predicted octanol–water partition coefficient (Wildman–Crippen LogP) is 3.21. The lowest BCUT2D eigenvalue weighted by molar-refractivity contribution is -0.120. The highest BCUT2D eigenvalue weighted by molar-refractivity contribution is 5.90. The van der Waals surface area contributed by atoms with Gasteiger partial charge in [0.15, 0.2) is 0 Å². The Morgan fingerprint density at radius 3 is 2.52 bits per heavy atom. The molecular weight excluding hydrogens is 338 g/mol. The molecule has 148 valence electrons. The van der Waals surface area contributed by atoms with Gasteiger partial charge >= 0.3 is 0 Å². The highest BCUT2D eigenvalue weighted by Crippen LogP contribution is 2.49. The summed E-state index contributed by atoms with van der Waals surface area (Å²) in [7, 11) is 2.07. The van der Waals surface area contributed by atoms with Crippen LogP contribution in [0.1, 0.15) is 67.7 Å². The van der Waals surface area contributed by atoms with Gasteiger partial charge in [0, 0.05) is 30.6 Å². The van der Waals surface area contributed by atoms with Crippen molar-refractivity contribution in [1.29, 1.82) is 0 Å². The number of pyridine rings is 1. The van der Waals surface area contributed by atoms with Gasteiger partial charge in [0.25, 0.3) is 5.91 Å². The molecule has 2 heterocycles. The molecule has 2 fully saturated rings. The van der Waals surface area contributed by atoms with Crippen LogP contribution in [0.3, 0.4) is 0 Å². The van der Waals surface area contributed by atoms with E-state index in [1.807, 2.05) is 6.07 Å². The molecule has 0 aromatic carbocycles. The number of likely N-dealkylation sites (N-methyl/N-ethyl adjacent to an activating group) is 1. The smallest absolute Gasteiger partial charge is 0.267 e. The highest BCUT2D eigenvalue weighted by Gasteiger charge is 2.40. The minimum absolute atomic E-state index is 0.0216. The zero-order chi connectivity index (χ0) is 19.6. The van der Waals surface area contributed by atoms with Gasteiger partial charge in [-0.15, -0.1) is 0 Å². The third-order valence-corrected chi connectivity index (χ3v) is 6.42. The average Bonchev–Trinajstić information content (AvgIpc) is 2.60. The standard InChI is InChI=1S/C12H20O.C10H13N3O/c1-9-3-10-5-11(4-9)7-12(2,6-10)8-13;1-13-5-4-8-7(6-13)2-3-9(12-8)10(11)14/h8-11H,3-7H2,1-2H3;2-3H,4-6H2,1H3,(H2,11,14). The summed E-state index contributed by atoms with van der Waals surface area (Å²) in [6.45, 7) is 6.40. The molecule has 1 aliphatic heterocycles. The van der Waals surface area contributed by atoms with E-state index in [1.165, 1.54) is 31.1 Å². The average molecular weight is 372 g/mol. The highest BCUT2D eigenvalue weighted by atomic mass is 16.1. The molecule has 2 N–H and O–H groups in total. The van der Waals surface area contributed by atoms with Crippen molar-refractivity contribution in [3.05, 3.63) is 29.1 Å². The van der Waals surface area contributed by atoms with Crippen LogP contribution >= 0.6 is 0 Å². The third-order valence-electron chi connectivity index (χ3n) is 6.42. The molecule has 5 heteroatoms. The van der Waals surface area contributed by atoms with E-state index in [2.05, 4.69) is 30.8 Å². The maximum Gasteiger partial charge on any atom is 0.267 e. The molecule has 27 heavy (non-hydrogen) atoms. The van der Waals surface area contributed by atoms with Crippen LogP contribution in [0, 0.1) is 23.2 Å². The number of hydrogen-bond donors (Lipinski definition) is 1. The molecule has 4 rings (SSSR count). The van der Waals surface area contributed by atoms with Crippen LogP contribution in [-0.2, 0) is 17.8 Å². The zero-order valence-electron chi connectivity index (χ0n) is 16.9. The minimum atomic E-state index is -0.452. The third kappa shape index (κ3) is 4.95. The van der Waals surface area contributed by atoms with E-state index >= 15 is 0 Å². The first-order valence-electron chi connectivity index (χ1n) is 10.2. The lowest BCUT2D eigenvalue weighted by Crippen LogP contribution is -2.36. The first-order valence-corrected chi connectivity index (χ1v) is 10.2. The number of carbonyl (C=O) groups is 2. The summed E-state index contributed by atoms with van der Waals surface area (Å²) >= 11 is 0. The Bertz CT molecular complexity index is 685. The molecule has 2 unspecified atom stereocenters. The van der Waals surface area contributed by atoms with Crippen molar-refractivity contribution in [2.45, 2.75) is 58.9 Å². The number of amides is 1. The van der Waals surface area contributed by atoms with Gasteiger partial charge in [-0.25, -0.2) is 4.98 Å². The van der Waals surface area contributed by atoms with E-state index in [-0.39, 0.29) is 5.41 Å². The molecule has 1 aromatic heterocycles. The quantitative estimate of drug-likeness (QED) is 0.810. The predicted molar refractivity (Wildman–Crippen MR) is 106 cm³/mol. The molecule has 0 radical (unpaired) electrons. The summed E-state index contributed by atoms with van der Waals surface area (Å²) in [5.74, 6) is 2.14. The van der Waals surface area contributed by atoms with E-state index < -0.39 is 5.91 Å². The van der Waals surface area contributed by atoms with E-state index in [0.29, 0.717) is 5.69 Å². The lowest BCUT2D eigenvalue weighted by atomic mass is 9.60. The van der Waals surface area contributed by atoms with Crippen molar-refractivity contribution in [2.75, 3.05) is 13.6 Å². The molecule has 2 saturated carbocycles. The zero-order valence-corrected chi connectivity index (χ0v) is 16.9. The van der Waals surface area contributed by atoms with Crippen LogP contribution in [0.15, 0.2) is 12.1 Å². The van der Waals surface area contributed by atoms with Crippen LogP contribution < -0.4 is 5.73 Å². The molecule has 0 saturated heterocycles. The number of nitrogens with two attached hydrogens (primary N) is 1. The van der Waals surface area contributed by atoms with E-state index in [4.69, 9.17) is 5.73 Å². The first kappa shape index (κ1) is 20.0. The number of rotatable bonds is 2. The molecule has 3 aliphatic rings. The van der Waals surface area contributed by atoms with Gasteiger partial charge < -0.3 is 15.4 Å².